The Balaban J connectivity index is 2.44. The van der Waals surface area contributed by atoms with Gasteiger partial charge in [0.15, 0.2) is 0 Å². The van der Waals surface area contributed by atoms with Gasteiger partial charge in [-0.1, -0.05) is 11.3 Å². The molecule has 66 valence electrons. The average Bonchev–Trinajstić information content (AvgIpc) is 2.44. The summed E-state index contributed by atoms with van der Waals surface area (Å²) in [7, 11) is 0. The van der Waals surface area contributed by atoms with Gasteiger partial charge in [-0.05, 0) is 0 Å². The molecule has 0 aliphatic carbocycles. The zero-order valence-electron chi connectivity index (χ0n) is 6.60. The summed E-state index contributed by atoms with van der Waals surface area (Å²) >= 11 is 1.36. The van der Waals surface area contributed by atoms with E-state index in [-0.39, 0.29) is 12.3 Å². The molecule has 0 saturated carbocycles. The number of nitrogens with two attached hydrogens (primary N) is 1. The quantitative estimate of drug-likeness (QED) is 0.735. The highest BCUT2D eigenvalue weighted by Crippen LogP contribution is 2.18. The van der Waals surface area contributed by atoms with E-state index in [1.54, 1.807) is 6.20 Å². The van der Waals surface area contributed by atoms with Gasteiger partial charge >= 0.3 is 0 Å². The van der Waals surface area contributed by atoms with E-state index in [0.717, 1.165) is 4.83 Å². The van der Waals surface area contributed by atoms with Crippen molar-refractivity contribution >= 4 is 27.6 Å². The number of amides is 1. The molecule has 1 amide bonds. The molecule has 0 bridgehead atoms. The van der Waals surface area contributed by atoms with E-state index in [1.165, 1.54) is 17.7 Å². The van der Waals surface area contributed by atoms with E-state index in [4.69, 9.17) is 5.73 Å². The minimum Gasteiger partial charge on any atom is -0.369 e. The lowest BCUT2D eigenvalue weighted by molar-refractivity contribution is -0.117. The topological polar surface area (TPSA) is 81.8 Å². The van der Waals surface area contributed by atoms with Crippen molar-refractivity contribution in [1.29, 1.82) is 0 Å². The Morgan fingerprint density at radius 3 is 3.15 bits per heavy atom. The maximum atomic E-state index is 10.6. The number of thiazole rings is 1. The molecular weight excluding hydrogens is 188 g/mol. The van der Waals surface area contributed by atoms with E-state index < -0.39 is 0 Å². The third-order valence-corrected chi connectivity index (χ3v) is 2.42. The highest BCUT2D eigenvalue weighted by atomic mass is 32.1. The summed E-state index contributed by atoms with van der Waals surface area (Å²) in [5.74, 6) is -0.382. The first-order chi connectivity index (χ1) is 6.25. The Hall–Kier alpha value is -1.56. The van der Waals surface area contributed by atoms with Crippen molar-refractivity contribution in [2.45, 2.75) is 6.42 Å². The van der Waals surface area contributed by atoms with Gasteiger partial charge in [-0.2, -0.15) is 0 Å². The van der Waals surface area contributed by atoms with Crippen LogP contribution in [0.25, 0.3) is 10.3 Å². The highest BCUT2D eigenvalue weighted by Gasteiger charge is 2.06. The van der Waals surface area contributed by atoms with Gasteiger partial charge < -0.3 is 5.73 Å². The molecule has 6 heteroatoms. The second kappa shape index (κ2) is 3.06. The van der Waals surface area contributed by atoms with Crippen LogP contribution in [0.4, 0.5) is 0 Å². The van der Waals surface area contributed by atoms with Crippen molar-refractivity contribution in [3.8, 4) is 0 Å². The van der Waals surface area contributed by atoms with Crippen LogP contribution in [0.3, 0.4) is 0 Å². The van der Waals surface area contributed by atoms with E-state index in [2.05, 4.69) is 15.0 Å². The molecular formula is C7H6N4OS. The van der Waals surface area contributed by atoms with Gasteiger partial charge in [0.1, 0.15) is 21.7 Å². The second-order valence-corrected chi connectivity index (χ2v) is 3.53. The number of aromatic nitrogens is 3. The van der Waals surface area contributed by atoms with Gasteiger partial charge in [0.2, 0.25) is 5.91 Å². The van der Waals surface area contributed by atoms with Crippen LogP contribution in [0.5, 0.6) is 0 Å². The molecule has 0 fully saturated rings. The van der Waals surface area contributed by atoms with Crippen molar-refractivity contribution < 1.29 is 4.79 Å². The Bertz CT molecular complexity index is 419. The van der Waals surface area contributed by atoms with Crippen LogP contribution in [0.15, 0.2) is 12.5 Å². The minimum atomic E-state index is -0.382. The predicted octanol–water partition coefficient (Wildman–Crippen LogP) is 0.114. The number of fused-ring (bicyclic) bond motifs is 1. The lowest BCUT2D eigenvalue weighted by Crippen LogP contribution is -2.13. The molecule has 0 unspecified atom stereocenters. The normalized spacial score (nSPS) is 10.5. The van der Waals surface area contributed by atoms with Crippen LogP contribution in [-0.4, -0.2) is 20.9 Å². The number of nitrogens with zero attached hydrogens (tertiary/aromatic N) is 3. The van der Waals surface area contributed by atoms with Crippen LogP contribution < -0.4 is 5.73 Å². The summed E-state index contributed by atoms with van der Waals surface area (Å²) in [6, 6.07) is 0. The second-order valence-electron chi connectivity index (χ2n) is 2.46. The van der Waals surface area contributed by atoms with Gasteiger partial charge in [0, 0.05) is 0 Å². The van der Waals surface area contributed by atoms with Gasteiger partial charge in [-0.25, -0.2) is 15.0 Å². The summed E-state index contributed by atoms with van der Waals surface area (Å²) in [6.07, 6.45) is 3.24. The monoisotopic (exact) mass is 194 g/mol. The lowest BCUT2D eigenvalue weighted by atomic mass is 10.4. The number of rotatable bonds is 2. The molecule has 0 spiro atoms. The van der Waals surface area contributed by atoms with Crippen molar-refractivity contribution in [3.63, 3.8) is 0 Å². The van der Waals surface area contributed by atoms with Gasteiger partial charge in [0.25, 0.3) is 0 Å². The maximum absolute atomic E-state index is 10.6. The van der Waals surface area contributed by atoms with Gasteiger partial charge in [-0.3, -0.25) is 4.79 Å². The molecule has 0 saturated heterocycles. The van der Waals surface area contributed by atoms with E-state index in [0.29, 0.717) is 10.5 Å². The van der Waals surface area contributed by atoms with E-state index in [9.17, 15) is 4.79 Å². The molecule has 0 aliphatic heterocycles. The van der Waals surface area contributed by atoms with E-state index >= 15 is 0 Å². The third-order valence-electron chi connectivity index (χ3n) is 1.44. The Morgan fingerprint density at radius 2 is 2.46 bits per heavy atom. The molecule has 2 aromatic heterocycles. The van der Waals surface area contributed by atoms with Crippen LogP contribution in [0, 0.1) is 0 Å². The first-order valence-electron chi connectivity index (χ1n) is 3.59. The summed E-state index contributed by atoms with van der Waals surface area (Å²) in [5, 5.41) is 0.683. The number of primary amides is 1. The zero-order valence-corrected chi connectivity index (χ0v) is 7.41. The molecule has 2 heterocycles. The third kappa shape index (κ3) is 1.62. The zero-order chi connectivity index (χ0) is 9.26. The minimum absolute atomic E-state index is 0.168. The standard InChI is InChI=1S/C7H6N4OS/c8-5(12)1-6-11-4-2-9-3-10-7(4)13-6/h2-3H,1H2,(H2,8,12). The lowest BCUT2D eigenvalue weighted by Gasteiger charge is -1.85. The van der Waals surface area contributed by atoms with Crippen molar-refractivity contribution in [3.05, 3.63) is 17.5 Å². The molecule has 2 rings (SSSR count). The fourth-order valence-electron chi connectivity index (χ4n) is 0.960. The summed E-state index contributed by atoms with van der Waals surface area (Å²) in [6.45, 7) is 0. The number of hydrogen-bond acceptors (Lipinski definition) is 5. The smallest absolute Gasteiger partial charge is 0.224 e. The molecule has 5 nitrogen and oxygen atoms in total. The summed E-state index contributed by atoms with van der Waals surface area (Å²) < 4.78 is 0. The molecule has 0 aliphatic rings. The Kier molecular flexibility index (Phi) is 1.90. The van der Waals surface area contributed by atoms with Crippen LogP contribution in [0.1, 0.15) is 5.01 Å². The van der Waals surface area contributed by atoms with Crippen molar-refractivity contribution in [2.75, 3.05) is 0 Å². The SMILES string of the molecule is NC(=O)Cc1nc2cncnc2s1. The van der Waals surface area contributed by atoms with Crippen molar-refractivity contribution in [1.82, 2.24) is 15.0 Å². The fraction of sp³-hybridized carbons (Fsp3) is 0.143. The number of carbonyl (C=O) groups is 1. The number of hydrogen-bond donors (Lipinski definition) is 1. The largest absolute Gasteiger partial charge is 0.369 e. The first kappa shape index (κ1) is 8.06. The Labute approximate surface area is 77.6 Å². The molecule has 0 radical (unpaired) electrons. The summed E-state index contributed by atoms with van der Waals surface area (Å²) in [5.41, 5.74) is 5.75. The van der Waals surface area contributed by atoms with Crippen LogP contribution >= 0.6 is 11.3 Å². The predicted molar refractivity (Wildman–Crippen MR) is 48.1 cm³/mol. The van der Waals surface area contributed by atoms with Crippen LogP contribution in [0.2, 0.25) is 0 Å². The van der Waals surface area contributed by atoms with Gasteiger partial charge in [0.05, 0.1) is 12.6 Å². The first-order valence-corrected chi connectivity index (χ1v) is 4.41. The number of carbonyl (C=O) groups excluding carboxylic acids is 1. The molecule has 0 atom stereocenters. The molecule has 13 heavy (non-hydrogen) atoms. The average molecular weight is 194 g/mol. The summed E-state index contributed by atoms with van der Waals surface area (Å²) in [4.78, 5) is 23.4. The van der Waals surface area contributed by atoms with Crippen LogP contribution in [-0.2, 0) is 11.2 Å². The maximum Gasteiger partial charge on any atom is 0.224 e. The molecule has 2 aromatic rings. The van der Waals surface area contributed by atoms with E-state index in [1.807, 2.05) is 0 Å². The molecule has 2 N–H and O–H groups in total. The fourth-order valence-corrected chi connectivity index (χ4v) is 1.84. The highest BCUT2D eigenvalue weighted by molar-refractivity contribution is 7.18. The Morgan fingerprint density at radius 1 is 1.62 bits per heavy atom. The van der Waals surface area contributed by atoms with Crippen molar-refractivity contribution in [2.24, 2.45) is 5.73 Å². The van der Waals surface area contributed by atoms with Gasteiger partial charge in [-0.15, -0.1) is 0 Å². The molecule has 0 aromatic carbocycles.